The van der Waals surface area contributed by atoms with Gasteiger partial charge in [-0.1, -0.05) is 13.8 Å². The molecule has 0 aliphatic carbocycles. The van der Waals surface area contributed by atoms with Crippen molar-refractivity contribution in [1.29, 1.82) is 0 Å². The molecule has 0 aromatic rings. The fourth-order valence-corrected chi connectivity index (χ4v) is 3.73. The second-order valence-electron chi connectivity index (χ2n) is 6.89. The van der Waals surface area contributed by atoms with Crippen LogP contribution in [0, 0.1) is 17.8 Å². The Kier molecular flexibility index (Phi) is 5.85. The maximum absolute atomic E-state index is 12.6. The quantitative estimate of drug-likeness (QED) is 0.823. The van der Waals surface area contributed by atoms with Gasteiger partial charge in [0.2, 0.25) is 5.91 Å². The normalized spacial score (nSPS) is 33.0. The van der Waals surface area contributed by atoms with E-state index in [9.17, 15) is 4.79 Å². The van der Waals surface area contributed by atoms with Crippen molar-refractivity contribution in [2.75, 3.05) is 26.2 Å². The van der Waals surface area contributed by atoms with Crippen molar-refractivity contribution in [3.8, 4) is 0 Å². The Morgan fingerprint density at radius 2 is 2.25 bits per heavy atom. The minimum atomic E-state index is 0.267. The van der Waals surface area contributed by atoms with Crippen molar-refractivity contribution in [1.82, 2.24) is 10.2 Å². The van der Waals surface area contributed by atoms with Crippen LogP contribution in [-0.4, -0.2) is 43.0 Å². The first kappa shape index (κ1) is 15.8. The SMILES string of the molecule is CC1CCN(C(=O)CC(C)C2CCCNC2)C(CN)C1. The first-order chi connectivity index (χ1) is 9.61. The highest BCUT2D eigenvalue weighted by atomic mass is 16.2. The summed E-state index contributed by atoms with van der Waals surface area (Å²) in [6.07, 6.45) is 5.40. The average molecular weight is 281 g/mol. The van der Waals surface area contributed by atoms with E-state index in [1.807, 2.05) is 0 Å². The van der Waals surface area contributed by atoms with Gasteiger partial charge in [-0.2, -0.15) is 0 Å². The Hall–Kier alpha value is -0.610. The number of hydrogen-bond acceptors (Lipinski definition) is 3. The fraction of sp³-hybridized carbons (Fsp3) is 0.938. The van der Waals surface area contributed by atoms with Gasteiger partial charge in [-0.3, -0.25) is 4.79 Å². The number of nitrogens with two attached hydrogens (primary N) is 1. The molecule has 2 rings (SSSR count). The summed E-state index contributed by atoms with van der Waals surface area (Å²) in [6, 6.07) is 0.267. The molecule has 20 heavy (non-hydrogen) atoms. The summed E-state index contributed by atoms with van der Waals surface area (Å²) in [6.45, 7) is 8.22. The van der Waals surface area contributed by atoms with Gasteiger partial charge in [-0.15, -0.1) is 0 Å². The predicted molar refractivity (Wildman–Crippen MR) is 82.3 cm³/mol. The molecule has 1 amide bonds. The second-order valence-corrected chi connectivity index (χ2v) is 6.89. The standard InChI is InChI=1S/C16H31N3O/c1-12-5-7-19(15(8-12)10-17)16(20)9-13(2)14-4-3-6-18-11-14/h12-15,18H,3-11,17H2,1-2H3. The van der Waals surface area contributed by atoms with Crippen molar-refractivity contribution in [2.45, 2.75) is 52.0 Å². The van der Waals surface area contributed by atoms with Crippen molar-refractivity contribution in [3.63, 3.8) is 0 Å². The highest BCUT2D eigenvalue weighted by Crippen LogP contribution is 2.26. The molecule has 116 valence electrons. The summed E-state index contributed by atoms with van der Waals surface area (Å²) in [7, 11) is 0. The molecule has 0 saturated carbocycles. The van der Waals surface area contributed by atoms with Crippen LogP contribution in [0.25, 0.3) is 0 Å². The van der Waals surface area contributed by atoms with Gasteiger partial charge < -0.3 is 16.0 Å². The predicted octanol–water partition coefficient (Wildman–Crippen LogP) is 1.60. The van der Waals surface area contributed by atoms with Crippen LogP contribution in [0.15, 0.2) is 0 Å². The number of hydrogen-bond donors (Lipinski definition) is 2. The molecule has 0 spiro atoms. The summed E-state index contributed by atoms with van der Waals surface area (Å²) in [5, 5.41) is 3.45. The van der Waals surface area contributed by atoms with E-state index in [1.165, 1.54) is 12.8 Å². The Balaban J connectivity index is 1.86. The molecule has 4 atom stereocenters. The van der Waals surface area contributed by atoms with E-state index in [4.69, 9.17) is 5.73 Å². The number of carbonyl (C=O) groups excluding carboxylic acids is 1. The number of nitrogens with zero attached hydrogens (tertiary/aromatic N) is 1. The number of rotatable bonds is 4. The molecule has 3 N–H and O–H groups in total. The van der Waals surface area contributed by atoms with Crippen LogP contribution in [0.2, 0.25) is 0 Å². The first-order valence-electron chi connectivity index (χ1n) is 8.32. The van der Waals surface area contributed by atoms with E-state index in [2.05, 4.69) is 24.1 Å². The molecule has 0 radical (unpaired) electrons. The molecule has 2 aliphatic rings. The van der Waals surface area contributed by atoms with Crippen LogP contribution in [0.5, 0.6) is 0 Å². The summed E-state index contributed by atoms with van der Waals surface area (Å²) >= 11 is 0. The zero-order valence-corrected chi connectivity index (χ0v) is 13.1. The lowest BCUT2D eigenvalue weighted by Crippen LogP contribution is -2.50. The van der Waals surface area contributed by atoms with Gasteiger partial charge in [0.15, 0.2) is 0 Å². The highest BCUT2D eigenvalue weighted by molar-refractivity contribution is 5.77. The maximum atomic E-state index is 12.6. The van der Waals surface area contributed by atoms with Crippen LogP contribution in [-0.2, 0) is 4.79 Å². The number of piperidine rings is 2. The zero-order chi connectivity index (χ0) is 14.5. The molecule has 4 nitrogen and oxygen atoms in total. The number of likely N-dealkylation sites (tertiary alicyclic amines) is 1. The van der Waals surface area contributed by atoms with Gasteiger partial charge in [0.05, 0.1) is 0 Å². The van der Waals surface area contributed by atoms with Crippen molar-refractivity contribution in [2.24, 2.45) is 23.5 Å². The highest BCUT2D eigenvalue weighted by Gasteiger charge is 2.31. The van der Waals surface area contributed by atoms with Crippen molar-refractivity contribution < 1.29 is 4.79 Å². The summed E-state index contributed by atoms with van der Waals surface area (Å²) in [5.41, 5.74) is 5.86. The summed E-state index contributed by atoms with van der Waals surface area (Å²) < 4.78 is 0. The van der Waals surface area contributed by atoms with Crippen LogP contribution in [0.1, 0.15) is 46.0 Å². The lowest BCUT2D eigenvalue weighted by Gasteiger charge is -2.39. The summed E-state index contributed by atoms with van der Waals surface area (Å²) in [5.74, 6) is 2.17. The third-order valence-corrected chi connectivity index (χ3v) is 5.21. The molecule has 2 saturated heterocycles. The molecule has 0 bridgehead atoms. The Morgan fingerprint density at radius 3 is 2.90 bits per heavy atom. The molecule has 0 aromatic heterocycles. The number of carbonyl (C=O) groups is 1. The molecule has 4 unspecified atom stereocenters. The lowest BCUT2D eigenvalue weighted by atomic mass is 9.84. The van der Waals surface area contributed by atoms with Crippen LogP contribution >= 0.6 is 0 Å². The number of amides is 1. The minimum absolute atomic E-state index is 0.267. The Morgan fingerprint density at radius 1 is 1.45 bits per heavy atom. The zero-order valence-electron chi connectivity index (χ0n) is 13.1. The van der Waals surface area contributed by atoms with Gasteiger partial charge in [0.1, 0.15) is 0 Å². The average Bonchev–Trinajstić information content (AvgIpc) is 2.47. The maximum Gasteiger partial charge on any atom is 0.223 e. The van der Waals surface area contributed by atoms with E-state index >= 15 is 0 Å². The van der Waals surface area contributed by atoms with Crippen LogP contribution < -0.4 is 11.1 Å². The van der Waals surface area contributed by atoms with Crippen molar-refractivity contribution >= 4 is 5.91 Å². The van der Waals surface area contributed by atoms with Crippen LogP contribution in [0.3, 0.4) is 0 Å². The summed E-state index contributed by atoms with van der Waals surface area (Å²) in [4.78, 5) is 14.6. The Bertz CT molecular complexity index is 315. The van der Waals surface area contributed by atoms with E-state index in [0.29, 0.717) is 36.6 Å². The van der Waals surface area contributed by atoms with E-state index < -0.39 is 0 Å². The monoisotopic (exact) mass is 281 g/mol. The number of nitrogens with one attached hydrogen (secondary N) is 1. The van der Waals surface area contributed by atoms with E-state index in [-0.39, 0.29) is 6.04 Å². The van der Waals surface area contributed by atoms with Crippen molar-refractivity contribution in [3.05, 3.63) is 0 Å². The molecule has 2 fully saturated rings. The third-order valence-electron chi connectivity index (χ3n) is 5.21. The smallest absolute Gasteiger partial charge is 0.223 e. The van der Waals surface area contributed by atoms with Gasteiger partial charge in [-0.05, 0) is 56.5 Å². The van der Waals surface area contributed by atoms with Gasteiger partial charge in [0, 0.05) is 25.6 Å². The first-order valence-corrected chi connectivity index (χ1v) is 8.32. The lowest BCUT2D eigenvalue weighted by molar-refractivity contribution is -0.136. The van der Waals surface area contributed by atoms with Gasteiger partial charge >= 0.3 is 0 Å². The minimum Gasteiger partial charge on any atom is -0.338 e. The van der Waals surface area contributed by atoms with E-state index in [0.717, 1.165) is 32.5 Å². The topological polar surface area (TPSA) is 58.4 Å². The largest absolute Gasteiger partial charge is 0.338 e. The van der Waals surface area contributed by atoms with Crippen LogP contribution in [0.4, 0.5) is 0 Å². The molecule has 0 aromatic carbocycles. The van der Waals surface area contributed by atoms with Gasteiger partial charge in [0.25, 0.3) is 0 Å². The van der Waals surface area contributed by atoms with Gasteiger partial charge in [-0.25, -0.2) is 0 Å². The third kappa shape index (κ3) is 3.95. The van der Waals surface area contributed by atoms with E-state index in [1.54, 1.807) is 0 Å². The Labute approximate surface area is 123 Å². The molecule has 2 heterocycles. The molecular formula is C16H31N3O. The molecule has 2 aliphatic heterocycles. The molecule has 4 heteroatoms. The molecular weight excluding hydrogens is 250 g/mol. The second kappa shape index (κ2) is 7.41. The fourth-order valence-electron chi connectivity index (χ4n) is 3.73.